The minimum atomic E-state index is -0.171. The highest BCUT2D eigenvalue weighted by molar-refractivity contribution is 9.10. The van der Waals surface area contributed by atoms with Crippen LogP contribution in [-0.4, -0.2) is 10.5 Å². The normalized spacial score (nSPS) is 17.1. The largest absolute Gasteiger partial charge is 0.325 e. The Hall–Kier alpha value is -0.410. The van der Waals surface area contributed by atoms with Crippen molar-refractivity contribution in [1.82, 2.24) is 4.98 Å². The smallest absolute Gasteiger partial charge is 0.0422 e. The van der Waals surface area contributed by atoms with Crippen molar-refractivity contribution in [3.8, 4) is 0 Å². The molecule has 1 aromatic rings. The van der Waals surface area contributed by atoms with Crippen LogP contribution in [0.5, 0.6) is 0 Å². The molecule has 0 bridgehead atoms. The Bertz CT molecular complexity index is 306. The molecule has 2 unspecified atom stereocenters. The monoisotopic (exact) mass is 270 g/mol. The fourth-order valence-corrected chi connectivity index (χ4v) is 1.78. The van der Waals surface area contributed by atoms with Crippen LogP contribution in [0, 0.1) is 5.92 Å². The first-order chi connectivity index (χ1) is 6.95. The maximum absolute atomic E-state index is 6.29. The van der Waals surface area contributed by atoms with Gasteiger partial charge in [0.15, 0.2) is 0 Å². The summed E-state index contributed by atoms with van der Waals surface area (Å²) < 4.78 is 1.01. The molecule has 2 nitrogen and oxygen atoms in total. The molecule has 0 amide bonds. The number of nitrogens with two attached hydrogens (primary N) is 1. The van der Waals surface area contributed by atoms with Crippen molar-refractivity contribution in [1.29, 1.82) is 0 Å². The van der Waals surface area contributed by atoms with Crippen molar-refractivity contribution in [2.24, 2.45) is 11.7 Å². The first kappa shape index (κ1) is 12.7. The highest BCUT2D eigenvalue weighted by atomic mass is 79.9. The van der Waals surface area contributed by atoms with Gasteiger partial charge in [-0.3, -0.25) is 4.98 Å². The van der Waals surface area contributed by atoms with Gasteiger partial charge in [0, 0.05) is 28.3 Å². The van der Waals surface area contributed by atoms with Gasteiger partial charge in [-0.15, -0.1) is 0 Å². The predicted octanol–water partition coefficient (Wildman–Crippen LogP) is 3.15. The third-order valence-electron chi connectivity index (χ3n) is 3.09. The van der Waals surface area contributed by atoms with Crippen LogP contribution in [0.4, 0.5) is 0 Å². The van der Waals surface area contributed by atoms with Gasteiger partial charge in [0.25, 0.3) is 0 Å². The first-order valence-electron chi connectivity index (χ1n) is 5.35. The molecule has 0 saturated heterocycles. The number of hydrogen-bond donors (Lipinski definition) is 1. The summed E-state index contributed by atoms with van der Waals surface area (Å²) >= 11 is 3.37. The van der Waals surface area contributed by atoms with Crippen LogP contribution in [0.25, 0.3) is 0 Å². The van der Waals surface area contributed by atoms with E-state index in [2.05, 4.69) is 41.7 Å². The summed E-state index contributed by atoms with van der Waals surface area (Å²) in [5.41, 5.74) is 7.18. The van der Waals surface area contributed by atoms with Gasteiger partial charge in [-0.2, -0.15) is 0 Å². The van der Waals surface area contributed by atoms with Crippen LogP contribution in [-0.2, 0) is 6.42 Å². The van der Waals surface area contributed by atoms with Crippen molar-refractivity contribution in [3.63, 3.8) is 0 Å². The molecular formula is C12H19BrN2. The average Bonchev–Trinajstić information content (AvgIpc) is 2.20. The van der Waals surface area contributed by atoms with Gasteiger partial charge in [-0.25, -0.2) is 0 Å². The molecule has 0 fully saturated rings. The summed E-state index contributed by atoms with van der Waals surface area (Å²) in [5, 5.41) is 0. The molecule has 0 spiro atoms. The molecule has 84 valence electrons. The predicted molar refractivity (Wildman–Crippen MR) is 67.7 cm³/mol. The van der Waals surface area contributed by atoms with Crippen molar-refractivity contribution >= 4 is 15.9 Å². The molecule has 2 N–H and O–H groups in total. The summed E-state index contributed by atoms with van der Waals surface area (Å²) in [6.07, 6.45) is 3.75. The maximum atomic E-state index is 6.29. The Balaban J connectivity index is 2.72. The minimum absolute atomic E-state index is 0.171. The fourth-order valence-electron chi connectivity index (χ4n) is 1.54. The summed E-state index contributed by atoms with van der Waals surface area (Å²) in [6.45, 7) is 6.47. The third-order valence-corrected chi connectivity index (χ3v) is 3.56. The average molecular weight is 271 g/mol. The lowest BCUT2D eigenvalue weighted by molar-refractivity contribution is 0.304. The molecule has 0 aliphatic heterocycles. The van der Waals surface area contributed by atoms with Crippen LogP contribution in [0.1, 0.15) is 32.9 Å². The quantitative estimate of drug-likeness (QED) is 0.913. The van der Waals surface area contributed by atoms with Crippen molar-refractivity contribution < 1.29 is 0 Å². The zero-order chi connectivity index (χ0) is 11.5. The highest BCUT2D eigenvalue weighted by Crippen LogP contribution is 2.21. The second kappa shape index (κ2) is 5.08. The molecule has 0 radical (unpaired) electrons. The molecule has 0 aliphatic carbocycles. The van der Waals surface area contributed by atoms with Gasteiger partial charge >= 0.3 is 0 Å². The molecule has 3 heteroatoms. The van der Waals surface area contributed by atoms with E-state index in [-0.39, 0.29) is 5.54 Å². The molecular weight excluding hydrogens is 252 g/mol. The number of hydrogen-bond acceptors (Lipinski definition) is 2. The molecule has 1 rings (SSSR count). The van der Waals surface area contributed by atoms with E-state index in [0.717, 1.165) is 23.0 Å². The lowest BCUT2D eigenvalue weighted by Crippen LogP contribution is -2.45. The van der Waals surface area contributed by atoms with Crippen LogP contribution in [0.3, 0.4) is 0 Å². The zero-order valence-corrected chi connectivity index (χ0v) is 11.2. The molecule has 2 atom stereocenters. The van der Waals surface area contributed by atoms with Crippen molar-refractivity contribution in [2.45, 2.75) is 39.2 Å². The standard InChI is InChI=1S/C12H19BrN2/c1-4-9(2)12(3,14)7-11-6-5-10(13)8-15-11/h5-6,8-9H,4,7,14H2,1-3H3. The van der Waals surface area contributed by atoms with E-state index in [1.165, 1.54) is 0 Å². The summed E-state index contributed by atoms with van der Waals surface area (Å²) in [5.74, 6) is 0.503. The number of pyridine rings is 1. The molecule has 0 aliphatic rings. The van der Waals surface area contributed by atoms with Gasteiger partial charge in [0.05, 0.1) is 0 Å². The lowest BCUT2D eigenvalue weighted by atomic mass is 9.82. The molecule has 1 heterocycles. The zero-order valence-electron chi connectivity index (χ0n) is 9.63. The second-order valence-electron chi connectivity index (χ2n) is 4.46. The van der Waals surface area contributed by atoms with E-state index < -0.39 is 0 Å². The van der Waals surface area contributed by atoms with Gasteiger partial charge in [0.2, 0.25) is 0 Å². The van der Waals surface area contributed by atoms with Crippen LogP contribution in [0.2, 0.25) is 0 Å². The number of aromatic nitrogens is 1. The number of halogens is 1. The van der Waals surface area contributed by atoms with E-state index >= 15 is 0 Å². The highest BCUT2D eigenvalue weighted by Gasteiger charge is 2.25. The summed E-state index contributed by atoms with van der Waals surface area (Å²) in [6, 6.07) is 4.03. The van der Waals surface area contributed by atoms with E-state index in [1.54, 1.807) is 0 Å². The molecule has 15 heavy (non-hydrogen) atoms. The Labute approximate surface area is 100 Å². The SMILES string of the molecule is CCC(C)C(C)(N)Cc1ccc(Br)cn1. The van der Waals surface area contributed by atoms with Crippen LogP contribution >= 0.6 is 15.9 Å². The fraction of sp³-hybridized carbons (Fsp3) is 0.583. The second-order valence-corrected chi connectivity index (χ2v) is 5.38. The van der Waals surface area contributed by atoms with Crippen molar-refractivity contribution in [3.05, 3.63) is 28.5 Å². The number of nitrogens with zero attached hydrogens (tertiary/aromatic N) is 1. The van der Waals surface area contributed by atoms with E-state index in [1.807, 2.05) is 18.3 Å². The Morgan fingerprint density at radius 2 is 2.20 bits per heavy atom. The Morgan fingerprint density at radius 1 is 1.53 bits per heavy atom. The van der Waals surface area contributed by atoms with Crippen LogP contribution < -0.4 is 5.73 Å². The summed E-state index contributed by atoms with van der Waals surface area (Å²) in [7, 11) is 0. The first-order valence-corrected chi connectivity index (χ1v) is 6.14. The maximum Gasteiger partial charge on any atom is 0.0422 e. The number of rotatable bonds is 4. The third kappa shape index (κ3) is 3.58. The van der Waals surface area contributed by atoms with Gasteiger partial charge in [0.1, 0.15) is 0 Å². The van der Waals surface area contributed by atoms with Gasteiger partial charge in [-0.05, 0) is 40.9 Å². The molecule has 1 aromatic heterocycles. The summed E-state index contributed by atoms with van der Waals surface area (Å²) in [4.78, 5) is 4.35. The van der Waals surface area contributed by atoms with E-state index in [9.17, 15) is 0 Å². The van der Waals surface area contributed by atoms with Gasteiger partial charge in [-0.1, -0.05) is 20.3 Å². The van der Waals surface area contributed by atoms with E-state index in [0.29, 0.717) is 5.92 Å². The molecule has 0 aromatic carbocycles. The lowest BCUT2D eigenvalue weighted by Gasteiger charge is -2.30. The van der Waals surface area contributed by atoms with Gasteiger partial charge < -0.3 is 5.73 Å². The van der Waals surface area contributed by atoms with Crippen molar-refractivity contribution in [2.75, 3.05) is 0 Å². The van der Waals surface area contributed by atoms with Crippen LogP contribution in [0.15, 0.2) is 22.8 Å². The van der Waals surface area contributed by atoms with E-state index in [4.69, 9.17) is 5.73 Å². The minimum Gasteiger partial charge on any atom is -0.325 e. The topological polar surface area (TPSA) is 38.9 Å². The molecule has 0 saturated carbocycles. The Morgan fingerprint density at radius 3 is 2.67 bits per heavy atom. The Kier molecular flexibility index (Phi) is 4.29.